The molecule has 4 heterocycles. The van der Waals surface area contributed by atoms with Gasteiger partial charge in [0.05, 0.1) is 43.6 Å². The van der Waals surface area contributed by atoms with E-state index in [0.717, 1.165) is 18.7 Å². The van der Waals surface area contributed by atoms with Gasteiger partial charge in [-0.3, -0.25) is 14.6 Å². The molecule has 1 aromatic carbocycles. The van der Waals surface area contributed by atoms with Gasteiger partial charge in [-0.1, -0.05) is 12.5 Å². The molecule has 0 atom stereocenters. The molecule has 2 fully saturated rings. The van der Waals surface area contributed by atoms with E-state index in [0.29, 0.717) is 49.8 Å². The average Bonchev–Trinajstić information content (AvgIpc) is 2.94. The minimum Gasteiger partial charge on any atom is -0.480 e. The normalized spacial score (nSPS) is 16.8. The van der Waals surface area contributed by atoms with Gasteiger partial charge in [0, 0.05) is 31.4 Å². The van der Waals surface area contributed by atoms with Gasteiger partial charge in [-0.15, -0.1) is 0 Å². The second-order valence-electron chi connectivity index (χ2n) is 9.49. The average molecular weight is 542 g/mol. The lowest BCUT2D eigenvalue weighted by Crippen LogP contribution is -2.36. The third-order valence-corrected chi connectivity index (χ3v) is 8.22. The second-order valence-corrected chi connectivity index (χ2v) is 11.1. The Morgan fingerprint density at radius 3 is 2.55 bits per heavy atom. The summed E-state index contributed by atoms with van der Waals surface area (Å²) in [4.78, 5) is 12.8. The molecule has 0 spiro atoms. The lowest BCUT2D eigenvalue weighted by molar-refractivity contribution is 0.122. The zero-order chi connectivity index (χ0) is 26.5. The highest BCUT2D eigenvalue weighted by atomic mass is 32.2. The van der Waals surface area contributed by atoms with Crippen LogP contribution in [0, 0.1) is 5.82 Å². The maximum atomic E-state index is 15.1. The summed E-state index contributed by atoms with van der Waals surface area (Å²) in [6.45, 7) is 5.16. The minimum absolute atomic E-state index is 0.0147. The van der Waals surface area contributed by atoms with Gasteiger partial charge in [-0.25, -0.2) is 17.8 Å². The number of anilines is 2. The molecule has 0 unspecified atom stereocenters. The van der Waals surface area contributed by atoms with Crippen LogP contribution in [-0.4, -0.2) is 69.8 Å². The maximum Gasteiger partial charge on any atom is 0.267 e. The Labute approximate surface area is 222 Å². The van der Waals surface area contributed by atoms with Crippen LogP contribution in [0.3, 0.4) is 0 Å². The number of piperidine rings is 1. The lowest BCUT2D eigenvalue weighted by atomic mass is 10.1. The summed E-state index contributed by atoms with van der Waals surface area (Å²) in [7, 11) is -2.70. The fourth-order valence-corrected chi connectivity index (χ4v) is 6.04. The minimum atomic E-state index is -4.07. The van der Waals surface area contributed by atoms with Gasteiger partial charge in [0.15, 0.2) is 4.90 Å². The summed E-state index contributed by atoms with van der Waals surface area (Å²) in [5, 5.41) is 0. The molecule has 5 rings (SSSR count). The second kappa shape index (κ2) is 11.6. The van der Waals surface area contributed by atoms with Gasteiger partial charge in [-0.2, -0.15) is 0 Å². The van der Waals surface area contributed by atoms with Crippen molar-refractivity contribution in [3.63, 3.8) is 0 Å². The number of halogens is 1. The topological polar surface area (TPSA) is 96.9 Å². The molecule has 2 aliphatic heterocycles. The maximum absolute atomic E-state index is 15.1. The van der Waals surface area contributed by atoms with E-state index in [-0.39, 0.29) is 16.5 Å². The molecule has 9 nitrogen and oxygen atoms in total. The van der Waals surface area contributed by atoms with Crippen LogP contribution in [0.15, 0.2) is 53.7 Å². The summed E-state index contributed by atoms with van der Waals surface area (Å²) >= 11 is 0. The summed E-state index contributed by atoms with van der Waals surface area (Å²) < 4.78 is 55.1. The van der Waals surface area contributed by atoms with Gasteiger partial charge in [0.1, 0.15) is 5.82 Å². The summed E-state index contributed by atoms with van der Waals surface area (Å²) in [6.07, 6.45) is 6.64. The third kappa shape index (κ3) is 6.06. The lowest BCUT2D eigenvalue weighted by Gasteiger charge is -2.29. The zero-order valence-corrected chi connectivity index (χ0v) is 22.2. The van der Waals surface area contributed by atoms with E-state index >= 15 is 4.39 Å². The molecule has 2 aromatic heterocycles. The Morgan fingerprint density at radius 1 is 1.03 bits per heavy atom. The molecule has 0 amide bonds. The molecule has 38 heavy (non-hydrogen) atoms. The molecular weight excluding hydrogens is 509 g/mol. The Balaban J connectivity index is 1.36. The number of likely N-dealkylation sites (tertiary alicyclic amines) is 1. The van der Waals surface area contributed by atoms with Crippen molar-refractivity contribution in [2.24, 2.45) is 0 Å². The fraction of sp³-hybridized carbons (Fsp3) is 0.407. The van der Waals surface area contributed by atoms with Gasteiger partial charge >= 0.3 is 0 Å². The summed E-state index contributed by atoms with van der Waals surface area (Å²) in [5.74, 6) is -0.407. The molecule has 0 radical (unpaired) electrons. The quantitative estimate of drug-likeness (QED) is 0.459. The molecule has 202 valence electrons. The van der Waals surface area contributed by atoms with E-state index in [1.165, 1.54) is 50.8 Å². The molecule has 0 saturated carbocycles. The van der Waals surface area contributed by atoms with E-state index in [1.54, 1.807) is 18.3 Å². The molecule has 1 N–H and O–H groups in total. The number of sulfonamides is 1. The largest absolute Gasteiger partial charge is 0.480 e. The number of rotatable bonds is 8. The standard InChI is InChI=1S/C27H32FN5O4S/c1-36-27-26(17-22(18-30-27)33-11-13-37-14-12-33)38(34,35)31-21-7-8-29-25(16-21)23-6-5-20(15-24(23)28)19-32-9-3-2-4-10-32/h5-8,15-18H,2-4,9-14,19H2,1H3,(H,29,31). The predicted molar refractivity (Wildman–Crippen MR) is 143 cm³/mol. The Hall–Kier alpha value is -3.28. The smallest absolute Gasteiger partial charge is 0.267 e. The number of nitrogens with one attached hydrogen (secondary N) is 1. The van der Waals surface area contributed by atoms with Crippen LogP contribution >= 0.6 is 0 Å². The molecule has 0 aliphatic carbocycles. The van der Waals surface area contributed by atoms with E-state index in [1.807, 2.05) is 11.0 Å². The van der Waals surface area contributed by atoms with Crippen molar-refractivity contribution < 1.29 is 22.3 Å². The first kappa shape index (κ1) is 26.3. The van der Waals surface area contributed by atoms with E-state index in [4.69, 9.17) is 9.47 Å². The number of aromatic nitrogens is 2. The number of hydrogen-bond donors (Lipinski definition) is 1. The van der Waals surface area contributed by atoms with E-state index in [9.17, 15) is 8.42 Å². The number of methoxy groups -OCH3 is 1. The molecule has 3 aromatic rings. The van der Waals surface area contributed by atoms with Gasteiger partial charge in [0.25, 0.3) is 10.0 Å². The monoisotopic (exact) mass is 541 g/mol. The molecule has 0 bridgehead atoms. The summed E-state index contributed by atoms with van der Waals surface area (Å²) in [5.41, 5.74) is 2.47. The van der Waals surface area contributed by atoms with E-state index in [2.05, 4.69) is 19.6 Å². The van der Waals surface area contributed by atoms with Crippen LogP contribution in [0.4, 0.5) is 15.8 Å². The fourth-order valence-electron chi connectivity index (χ4n) is 4.85. The van der Waals surface area contributed by atoms with Crippen LogP contribution in [0.25, 0.3) is 11.3 Å². The first-order valence-corrected chi connectivity index (χ1v) is 14.3. The number of pyridine rings is 2. The zero-order valence-electron chi connectivity index (χ0n) is 21.4. The highest BCUT2D eigenvalue weighted by molar-refractivity contribution is 7.92. The summed E-state index contributed by atoms with van der Waals surface area (Å²) in [6, 6.07) is 9.73. The van der Waals surface area contributed by atoms with Crippen molar-refractivity contribution in [1.82, 2.24) is 14.9 Å². The van der Waals surface area contributed by atoms with Crippen LogP contribution in [0.2, 0.25) is 0 Å². The number of ether oxygens (including phenoxy) is 2. The van der Waals surface area contributed by atoms with Gasteiger partial charge in [0.2, 0.25) is 5.88 Å². The molecular formula is C27H32FN5O4S. The van der Waals surface area contributed by atoms with Crippen LogP contribution in [-0.2, 0) is 21.3 Å². The van der Waals surface area contributed by atoms with Crippen molar-refractivity contribution >= 4 is 21.4 Å². The predicted octanol–water partition coefficient (Wildman–Crippen LogP) is 3.91. The number of morpholine rings is 1. The molecule has 11 heteroatoms. The first-order valence-electron chi connectivity index (χ1n) is 12.8. The Bertz CT molecular complexity index is 1380. The molecule has 2 aliphatic rings. The Morgan fingerprint density at radius 2 is 1.82 bits per heavy atom. The van der Waals surface area contributed by atoms with Crippen LogP contribution in [0.5, 0.6) is 5.88 Å². The van der Waals surface area contributed by atoms with Crippen molar-refractivity contribution in [2.75, 3.05) is 56.1 Å². The van der Waals surface area contributed by atoms with Crippen molar-refractivity contribution in [3.05, 3.63) is 60.2 Å². The van der Waals surface area contributed by atoms with Gasteiger partial charge < -0.3 is 14.4 Å². The van der Waals surface area contributed by atoms with Crippen molar-refractivity contribution in [2.45, 2.75) is 30.7 Å². The highest BCUT2D eigenvalue weighted by Crippen LogP contribution is 2.30. The first-order chi connectivity index (χ1) is 18.4. The van der Waals surface area contributed by atoms with Gasteiger partial charge in [-0.05, 0) is 61.8 Å². The third-order valence-electron chi connectivity index (χ3n) is 6.84. The Kier molecular flexibility index (Phi) is 8.06. The van der Waals surface area contributed by atoms with Crippen molar-refractivity contribution in [1.29, 1.82) is 0 Å². The number of nitrogens with zero attached hydrogens (tertiary/aromatic N) is 4. The number of hydrogen-bond acceptors (Lipinski definition) is 8. The van der Waals surface area contributed by atoms with Crippen molar-refractivity contribution in [3.8, 4) is 17.1 Å². The van der Waals surface area contributed by atoms with Crippen LogP contribution in [0.1, 0.15) is 24.8 Å². The molecule has 2 saturated heterocycles. The number of benzene rings is 1. The van der Waals surface area contributed by atoms with E-state index < -0.39 is 15.8 Å². The highest BCUT2D eigenvalue weighted by Gasteiger charge is 2.24. The SMILES string of the molecule is COc1ncc(N2CCOCC2)cc1S(=O)(=O)Nc1ccnc(-c2ccc(CN3CCCCC3)cc2F)c1. The van der Waals surface area contributed by atoms with Crippen LogP contribution < -0.4 is 14.4 Å².